The Bertz CT molecular complexity index is 987. The lowest BCUT2D eigenvalue weighted by Crippen LogP contribution is -2.35. The van der Waals surface area contributed by atoms with Gasteiger partial charge in [0.2, 0.25) is 12.0 Å². The molecule has 7 nitrogen and oxygen atoms in total. The number of nitrogens with zero attached hydrogens (tertiary/aromatic N) is 1. The van der Waals surface area contributed by atoms with Crippen molar-refractivity contribution < 1.29 is 23.9 Å². The van der Waals surface area contributed by atoms with Crippen LogP contribution in [0, 0.1) is 12.8 Å². The van der Waals surface area contributed by atoms with Crippen LogP contribution in [0.4, 0.5) is 5.69 Å². The molecule has 1 heterocycles. The first-order valence-corrected chi connectivity index (χ1v) is 10.5. The fraction of sp³-hybridized carbons (Fsp3) is 0.375. The van der Waals surface area contributed by atoms with Gasteiger partial charge in [-0.05, 0) is 37.5 Å². The van der Waals surface area contributed by atoms with Crippen molar-refractivity contribution in [3.8, 4) is 5.75 Å². The second-order valence-electron chi connectivity index (χ2n) is 8.09. The Kier molecular flexibility index (Phi) is 5.93. The van der Waals surface area contributed by atoms with Crippen molar-refractivity contribution in [1.29, 1.82) is 0 Å². The van der Waals surface area contributed by atoms with Crippen molar-refractivity contribution in [1.82, 2.24) is 5.32 Å². The molecular weight excluding hydrogens is 396 g/mol. The van der Waals surface area contributed by atoms with E-state index < -0.39 is 18.0 Å². The number of aryl methyl sites for hydroxylation is 1. The van der Waals surface area contributed by atoms with Crippen molar-refractivity contribution in [2.45, 2.75) is 38.3 Å². The topological polar surface area (TPSA) is 84.9 Å². The Balaban J connectivity index is 1.50. The number of carbonyl (C=O) groups is 3. The predicted octanol–water partition coefficient (Wildman–Crippen LogP) is 2.92. The summed E-state index contributed by atoms with van der Waals surface area (Å²) in [6, 6.07) is 14.7. The quantitative estimate of drug-likeness (QED) is 0.694. The van der Waals surface area contributed by atoms with Crippen molar-refractivity contribution in [3.63, 3.8) is 0 Å². The summed E-state index contributed by atoms with van der Waals surface area (Å²) in [7, 11) is 1.55. The number of carbonyl (C=O) groups excluding carboxylic acids is 3. The van der Waals surface area contributed by atoms with Crippen LogP contribution in [0.15, 0.2) is 48.5 Å². The van der Waals surface area contributed by atoms with Gasteiger partial charge in [0, 0.05) is 24.6 Å². The van der Waals surface area contributed by atoms with E-state index >= 15 is 0 Å². The first kappa shape index (κ1) is 20.9. The van der Waals surface area contributed by atoms with Gasteiger partial charge in [-0.25, -0.2) is 0 Å². The number of hydrogen-bond donors (Lipinski definition) is 1. The molecule has 31 heavy (non-hydrogen) atoms. The Labute approximate surface area is 181 Å². The second kappa shape index (κ2) is 8.79. The summed E-state index contributed by atoms with van der Waals surface area (Å²) in [6.45, 7) is 2.11. The number of ether oxygens (including phenoxy) is 2. The first-order valence-electron chi connectivity index (χ1n) is 10.5. The Hall–Kier alpha value is -3.35. The highest BCUT2D eigenvalue weighted by Crippen LogP contribution is 2.35. The number of rotatable bonds is 7. The molecule has 2 aliphatic rings. The normalized spacial score (nSPS) is 19.1. The molecule has 4 rings (SSSR count). The summed E-state index contributed by atoms with van der Waals surface area (Å²) in [4.78, 5) is 40.0. The maximum Gasteiger partial charge on any atom is 0.312 e. The molecule has 2 aromatic carbocycles. The maximum atomic E-state index is 13.0. The minimum Gasteiger partial charge on any atom is -0.495 e. The zero-order valence-corrected chi connectivity index (χ0v) is 17.7. The van der Waals surface area contributed by atoms with Crippen LogP contribution < -0.4 is 15.0 Å². The van der Waals surface area contributed by atoms with Crippen LogP contribution >= 0.6 is 0 Å². The third-order valence-electron chi connectivity index (χ3n) is 5.58. The van der Waals surface area contributed by atoms with E-state index in [1.54, 1.807) is 42.3 Å². The van der Waals surface area contributed by atoms with E-state index in [2.05, 4.69) is 5.32 Å². The number of benzene rings is 2. The molecule has 2 amide bonds. The van der Waals surface area contributed by atoms with Gasteiger partial charge < -0.3 is 19.7 Å². The third kappa shape index (κ3) is 4.71. The fourth-order valence-corrected chi connectivity index (χ4v) is 3.73. The summed E-state index contributed by atoms with van der Waals surface area (Å²) in [5.41, 5.74) is 2.22. The molecule has 1 saturated carbocycles. The zero-order chi connectivity index (χ0) is 22.0. The van der Waals surface area contributed by atoms with Crippen molar-refractivity contribution in [2.24, 2.45) is 5.92 Å². The molecular formula is C24H26N2O5. The number of anilines is 1. The minimum absolute atomic E-state index is 0.0294. The molecule has 0 spiro atoms. The lowest BCUT2D eigenvalue weighted by molar-refractivity contribution is -0.160. The van der Waals surface area contributed by atoms with E-state index in [9.17, 15) is 14.4 Å². The standard InChI is InChI=1S/C24H26N2O5/c1-15-8-11-20(30-2)19(12-15)26-14-17(13-21(26)27)24(29)31-22(16-6-4-3-5-7-16)23(28)25-18-9-10-18/h3-8,11-12,17-18,22H,9-10,13-14H2,1-2H3,(H,25,28)/t17-,22-/m1/s1. The number of methoxy groups -OCH3 is 1. The summed E-state index contributed by atoms with van der Waals surface area (Å²) < 4.78 is 11.1. The second-order valence-corrected chi connectivity index (χ2v) is 8.09. The molecule has 1 N–H and O–H groups in total. The van der Waals surface area contributed by atoms with E-state index in [0.717, 1.165) is 18.4 Å². The van der Waals surface area contributed by atoms with E-state index in [4.69, 9.17) is 9.47 Å². The van der Waals surface area contributed by atoms with Gasteiger partial charge in [-0.3, -0.25) is 14.4 Å². The molecule has 162 valence electrons. The third-order valence-corrected chi connectivity index (χ3v) is 5.58. The van der Waals surface area contributed by atoms with Gasteiger partial charge in [0.15, 0.2) is 0 Å². The largest absolute Gasteiger partial charge is 0.495 e. The zero-order valence-electron chi connectivity index (χ0n) is 17.7. The highest BCUT2D eigenvalue weighted by Gasteiger charge is 2.39. The molecule has 2 fully saturated rings. The van der Waals surface area contributed by atoms with Crippen LogP contribution in [0.2, 0.25) is 0 Å². The predicted molar refractivity (Wildman–Crippen MR) is 115 cm³/mol. The minimum atomic E-state index is -1.04. The van der Waals surface area contributed by atoms with Crippen LogP contribution in [0.25, 0.3) is 0 Å². The van der Waals surface area contributed by atoms with Crippen LogP contribution in [0.5, 0.6) is 5.75 Å². The fourth-order valence-electron chi connectivity index (χ4n) is 3.73. The molecule has 1 aliphatic heterocycles. The highest BCUT2D eigenvalue weighted by molar-refractivity contribution is 6.01. The molecule has 1 aliphatic carbocycles. The van der Waals surface area contributed by atoms with Gasteiger partial charge in [-0.15, -0.1) is 0 Å². The smallest absolute Gasteiger partial charge is 0.312 e. The van der Waals surface area contributed by atoms with Crippen molar-refractivity contribution in [3.05, 3.63) is 59.7 Å². The SMILES string of the molecule is COc1ccc(C)cc1N1C[C@H](C(=O)O[C@@H](C(=O)NC2CC2)c2ccccc2)CC1=O. The first-order chi connectivity index (χ1) is 15.0. The number of amides is 2. The molecule has 7 heteroatoms. The summed E-state index contributed by atoms with van der Waals surface area (Å²) in [5, 5.41) is 2.90. The van der Waals surface area contributed by atoms with Crippen LogP contribution in [-0.4, -0.2) is 37.5 Å². The lowest BCUT2D eigenvalue weighted by Gasteiger charge is -2.21. The number of nitrogens with one attached hydrogen (secondary N) is 1. The van der Waals surface area contributed by atoms with Crippen molar-refractivity contribution >= 4 is 23.5 Å². The van der Waals surface area contributed by atoms with Gasteiger partial charge in [-0.1, -0.05) is 36.4 Å². The molecule has 0 radical (unpaired) electrons. The summed E-state index contributed by atoms with van der Waals surface area (Å²) in [5.74, 6) is -1.15. The average molecular weight is 422 g/mol. The molecule has 2 atom stereocenters. The Morgan fingerprint density at radius 3 is 2.55 bits per heavy atom. The molecule has 0 aromatic heterocycles. The van der Waals surface area contributed by atoms with E-state index in [0.29, 0.717) is 17.0 Å². The molecule has 0 unspecified atom stereocenters. The van der Waals surface area contributed by atoms with Gasteiger partial charge in [0.05, 0.1) is 18.7 Å². The summed E-state index contributed by atoms with van der Waals surface area (Å²) >= 11 is 0. The van der Waals surface area contributed by atoms with Gasteiger partial charge in [0.25, 0.3) is 5.91 Å². The number of hydrogen-bond acceptors (Lipinski definition) is 5. The maximum absolute atomic E-state index is 13.0. The van der Waals surface area contributed by atoms with Gasteiger partial charge in [-0.2, -0.15) is 0 Å². The van der Waals surface area contributed by atoms with Gasteiger partial charge in [0.1, 0.15) is 5.75 Å². The van der Waals surface area contributed by atoms with Crippen LogP contribution in [0.1, 0.15) is 36.5 Å². The van der Waals surface area contributed by atoms with Crippen LogP contribution in [-0.2, 0) is 19.1 Å². The van der Waals surface area contributed by atoms with E-state index in [1.165, 1.54) is 0 Å². The van der Waals surface area contributed by atoms with E-state index in [-0.39, 0.29) is 30.8 Å². The average Bonchev–Trinajstić information content (AvgIpc) is 3.50. The monoisotopic (exact) mass is 422 g/mol. The van der Waals surface area contributed by atoms with Crippen molar-refractivity contribution in [2.75, 3.05) is 18.6 Å². The molecule has 0 bridgehead atoms. The Morgan fingerprint density at radius 2 is 1.87 bits per heavy atom. The Morgan fingerprint density at radius 1 is 1.13 bits per heavy atom. The molecule has 1 saturated heterocycles. The summed E-state index contributed by atoms with van der Waals surface area (Å²) in [6.07, 6.45) is 0.866. The lowest BCUT2D eigenvalue weighted by atomic mass is 10.1. The van der Waals surface area contributed by atoms with E-state index in [1.807, 2.05) is 25.1 Å². The van der Waals surface area contributed by atoms with Crippen LogP contribution in [0.3, 0.4) is 0 Å². The number of esters is 1. The molecule has 2 aromatic rings. The van der Waals surface area contributed by atoms with Gasteiger partial charge >= 0.3 is 5.97 Å². The highest BCUT2D eigenvalue weighted by atomic mass is 16.5.